The summed E-state index contributed by atoms with van der Waals surface area (Å²) in [6.07, 6.45) is 2.49. The van der Waals surface area contributed by atoms with Gasteiger partial charge in [0, 0.05) is 19.6 Å². The van der Waals surface area contributed by atoms with Crippen LogP contribution in [0.5, 0.6) is 0 Å². The van der Waals surface area contributed by atoms with Crippen molar-refractivity contribution in [1.29, 1.82) is 0 Å². The van der Waals surface area contributed by atoms with Crippen molar-refractivity contribution in [3.05, 3.63) is 35.4 Å². The third-order valence-corrected chi connectivity index (χ3v) is 4.27. The average Bonchev–Trinajstić information content (AvgIpc) is 2.53. The molecule has 0 unspecified atom stereocenters. The summed E-state index contributed by atoms with van der Waals surface area (Å²) in [4.78, 5) is 25.6. The SMILES string of the molecule is O=C(O)[C@@H]1Cc2ccccc2CN1C(=O)[C@H]1CCCCO1. The Kier molecular flexibility index (Phi) is 3.92. The van der Waals surface area contributed by atoms with E-state index in [0.29, 0.717) is 26.0 Å². The maximum atomic E-state index is 12.6. The minimum atomic E-state index is -0.950. The Morgan fingerprint density at radius 1 is 1.19 bits per heavy atom. The van der Waals surface area contributed by atoms with Crippen LogP contribution < -0.4 is 0 Å². The van der Waals surface area contributed by atoms with Crippen molar-refractivity contribution >= 4 is 11.9 Å². The maximum Gasteiger partial charge on any atom is 0.326 e. The number of carboxylic acids is 1. The zero-order valence-corrected chi connectivity index (χ0v) is 11.8. The molecular weight excluding hydrogens is 270 g/mol. The van der Waals surface area contributed by atoms with Gasteiger partial charge in [-0.1, -0.05) is 24.3 Å². The van der Waals surface area contributed by atoms with Gasteiger partial charge in [-0.15, -0.1) is 0 Å². The predicted octanol–water partition coefficient (Wildman–Crippen LogP) is 1.59. The van der Waals surface area contributed by atoms with Crippen molar-refractivity contribution < 1.29 is 19.4 Å². The lowest BCUT2D eigenvalue weighted by atomic mass is 9.93. The minimum Gasteiger partial charge on any atom is -0.480 e. The Balaban J connectivity index is 1.85. The summed E-state index contributed by atoms with van der Waals surface area (Å²) in [5.74, 6) is -1.13. The molecule has 21 heavy (non-hydrogen) atoms. The largest absolute Gasteiger partial charge is 0.480 e. The summed E-state index contributed by atoms with van der Waals surface area (Å²) < 4.78 is 5.52. The van der Waals surface area contributed by atoms with Gasteiger partial charge in [0.05, 0.1) is 0 Å². The average molecular weight is 289 g/mol. The van der Waals surface area contributed by atoms with Crippen LogP contribution in [0.4, 0.5) is 0 Å². The van der Waals surface area contributed by atoms with Crippen LogP contribution in [0.3, 0.4) is 0 Å². The molecule has 5 nitrogen and oxygen atoms in total. The Morgan fingerprint density at radius 3 is 2.62 bits per heavy atom. The van der Waals surface area contributed by atoms with Crippen molar-refractivity contribution in [2.75, 3.05) is 6.61 Å². The van der Waals surface area contributed by atoms with Gasteiger partial charge in [0.1, 0.15) is 12.1 Å². The van der Waals surface area contributed by atoms with E-state index in [9.17, 15) is 14.7 Å². The van der Waals surface area contributed by atoms with Crippen molar-refractivity contribution in [2.45, 2.75) is 44.4 Å². The number of nitrogens with zero attached hydrogens (tertiary/aromatic N) is 1. The monoisotopic (exact) mass is 289 g/mol. The number of carbonyl (C=O) groups excluding carboxylic acids is 1. The Labute approximate surface area is 123 Å². The molecule has 2 atom stereocenters. The van der Waals surface area contributed by atoms with Gasteiger partial charge in [-0.2, -0.15) is 0 Å². The zero-order chi connectivity index (χ0) is 14.8. The van der Waals surface area contributed by atoms with Gasteiger partial charge in [0.25, 0.3) is 5.91 Å². The first kappa shape index (κ1) is 14.1. The number of hydrogen-bond donors (Lipinski definition) is 1. The molecule has 5 heteroatoms. The first-order valence-corrected chi connectivity index (χ1v) is 7.38. The van der Waals surface area contributed by atoms with E-state index in [4.69, 9.17) is 4.74 Å². The fraction of sp³-hybridized carbons (Fsp3) is 0.500. The maximum absolute atomic E-state index is 12.6. The molecule has 0 spiro atoms. The van der Waals surface area contributed by atoms with Gasteiger partial charge in [-0.25, -0.2) is 4.79 Å². The second-order valence-corrected chi connectivity index (χ2v) is 5.65. The normalized spacial score (nSPS) is 25.2. The van der Waals surface area contributed by atoms with E-state index in [0.717, 1.165) is 24.0 Å². The third kappa shape index (κ3) is 2.78. The molecule has 3 rings (SSSR count). The van der Waals surface area contributed by atoms with E-state index < -0.39 is 18.1 Å². The second kappa shape index (κ2) is 5.85. The molecule has 2 heterocycles. The number of carboxylic acid groups (broad SMARTS) is 1. The summed E-state index contributed by atoms with van der Waals surface area (Å²) in [5.41, 5.74) is 2.04. The third-order valence-electron chi connectivity index (χ3n) is 4.27. The molecule has 112 valence electrons. The highest BCUT2D eigenvalue weighted by atomic mass is 16.5. The minimum absolute atomic E-state index is 0.184. The van der Waals surface area contributed by atoms with Crippen molar-refractivity contribution in [2.24, 2.45) is 0 Å². The highest BCUT2D eigenvalue weighted by Crippen LogP contribution is 2.26. The quantitative estimate of drug-likeness (QED) is 0.898. The number of amides is 1. The van der Waals surface area contributed by atoms with Gasteiger partial charge in [0.15, 0.2) is 0 Å². The van der Waals surface area contributed by atoms with Gasteiger partial charge >= 0.3 is 5.97 Å². The van der Waals surface area contributed by atoms with E-state index >= 15 is 0 Å². The van der Waals surface area contributed by atoms with Gasteiger partial charge in [0.2, 0.25) is 0 Å². The number of carbonyl (C=O) groups is 2. The molecule has 1 aromatic rings. The number of ether oxygens (including phenoxy) is 1. The summed E-state index contributed by atoms with van der Waals surface area (Å²) >= 11 is 0. The molecule has 0 saturated carbocycles. The molecule has 1 fully saturated rings. The zero-order valence-electron chi connectivity index (χ0n) is 11.8. The Morgan fingerprint density at radius 2 is 1.95 bits per heavy atom. The van der Waals surface area contributed by atoms with Crippen LogP contribution >= 0.6 is 0 Å². The number of rotatable bonds is 2. The lowest BCUT2D eigenvalue weighted by molar-refractivity contribution is -0.159. The molecular formula is C16H19NO4. The van der Waals surface area contributed by atoms with E-state index in [1.165, 1.54) is 4.90 Å². The second-order valence-electron chi connectivity index (χ2n) is 5.65. The summed E-state index contributed by atoms with van der Waals surface area (Å²) in [5, 5.41) is 9.45. The lowest BCUT2D eigenvalue weighted by Gasteiger charge is -2.37. The topological polar surface area (TPSA) is 66.8 Å². The van der Waals surface area contributed by atoms with Crippen LogP contribution in [0.2, 0.25) is 0 Å². The van der Waals surface area contributed by atoms with E-state index in [-0.39, 0.29) is 5.91 Å². The van der Waals surface area contributed by atoms with Crippen molar-refractivity contribution in [3.63, 3.8) is 0 Å². The first-order valence-electron chi connectivity index (χ1n) is 7.38. The lowest BCUT2D eigenvalue weighted by Crippen LogP contribution is -2.52. The molecule has 0 bridgehead atoms. The van der Waals surface area contributed by atoms with Crippen molar-refractivity contribution in [1.82, 2.24) is 4.90 Å². The molecule has 1 aromatic carbocycles. The van der Waals surface area contributed by atoms with E-state index in [1.54, 1.807) is 0 Å². The van der Waals surface area contributed by atoms with Crippen LogP contribution in [0.25, 0.3) is 0 Å². The Hall–Kier alpha value is -1.88. The van der Waals surface area contributed by atoms with Crippen LogP contribution in [-0.4, -0.2) is 40.6 Å². The van der Waals surface area contributed by atoms with E-state index in [2.05, 4.69) is 0 Å². The Bertz CT molecular complexity index is 551. The van der Waals surface area contributed by atoms with Crippen LogP contribution in [0.15, 0.2) is 24.3 Å². The first-order chi connectivity index (χ1) is 10.2. The summed E-state index contributed by atoms with van der Waals surface area (Å²) in [6.45, 7) is 0.935. The number of fused-ring (bicyclic) bond motifs is 1. The molecule has 1 amide bonds. The molecule has 1 saturated heterocycles. The molecule has 2 aliphatic rings. The van der Waals surface area contributed by atoms with Crippen molar-refractivity contribution in [3.8, 4) is 0 Å². The van der Waals surface area contributed by atoms with Gasteiger partial charge in [-0.3, -0.25) is 4.79 Å². The fourth-order valence-corrected chi connectivity index (χ4v) is 3.10. The highest BCUT2D eigenvalue weighted by molar-refractivity contribution is 5.87. The smallest absolute Gasteiger partial charge is 0.326 e. The molecule has 0 radical (unpaired) electrons. The highest BCUT2D eigenvalue weighted by Gasteiger charge is 2.38. The molecule has 0 aliphatic carbocycles. The van der Waals surface area contributed by atoms with Crippen LogP contribution in [0.1, 0.15) is 30.4 Å². The fourth-order valence-electron chi connectivity index (χ4n) is 3.10. The molecule has 0 aromatic heterocycles. The van der Waals surface area contributed by atoms with Crippen LogP contribution in [-0.2, 0) is 27.3 Å². The number of aliphatic carboxylic acids is 1. The van der Waals surface area contributed by atoms with Gasteiger partial charge < -0.3 is 14.7 Å². The summed E-state index contributed by atoms with van der Waals surface area (Å²) in [6, 6.07) is 6.91. The van der Waals surface area contributed by atoms with Gasteiger partial charge in [-0.05, 0) is 30.4 Å². The summed E-state index contributed by atoms with van der Waals surface area (Å²) in [7, 11) is 0. The predicted molar refractivity (Wildman–Crippen MR) is 75.7 cm³/mol. The number of hydrogen-bond acceptors (Lipinski definition) is 3. The number of benzene rings is 1. The molecule has 2 aliphatic heterocycles. The van der Waals surface area contributed by atoms with Crippen LogP contribution in [0, 0.1) is 0 Å². The molecule has 1 N–H and O–H groups in total. The standard InChI is InChI=1S/C16H19NO4/c18-15(14-7-3-4-8-21-14)17-10-12-6-2-1-5-11(12)9-13(17)16(19)20/h1-2,5-6,13-14H,3-4,7-10H2,(H,19,20)/t13-,14+/m0/s1. The van der Waals surface area contributed by atoms with E-state index in [1.807, 2.05) is 24.3 Å².